The highest BCUT2D eigenvalue weighted by atomic mass is 127. The number of amides is 1. The van der Waals surface area contributed by atoms with Gasteiger partial charge in [-0.3, -0.25) is 14.2 Å². The van der Waals surface area contributed by atoms with Gasteiger partial charge < -0.3 is 14.8 Å². The first kappa shape index (κ1) is 30.5. The van der Waals surface area contributed by atoms with Gasteiger partial charge in [-0.1, -0.05) is 72.0 Å². The van der Waals surface area contributed by atoms with Crippen molar-refractivity contribution in [3.05, 3.63) is 154 Å². The van der Waals surface area contributed by atoms with Gasteiger partial charge in [0.15, 0.2) is 16.3 Å². The van der Waals surface area contributed by atoms with E-state index in [1.165, 1.54) is 28.0 Å². The van der Waals surface area contributed by atoms with Gasteiger partial charge in [-0.25, -0.2) is 9.38 Å². The first-order valence-electron chi connectivity index (χ1n) is 14.0. The molecule has 4 aromatic carbocycles. The second-order valence-electron chi connectivity index (χ2n) is 10.3. The summed E-state index contributed by atoms with van der Waals surface area (Å²) in [6, 6.07) is 27.7. The number of carbonyl (C=O) groups is 1. The van der Waals surface area contributed by atoms with Crippen LogP contribution in [0.4, 0.5) is 10.1 Å². The number of ether oxygens (including phenoxy) is 2. The first-order valence-corrected chi connectivity index (χ1v) is 15.9. The normalized spacial score (nSPS) is 14.5. The smallest absolute Gasteiger partial charge is 0.271 e. The molecule has 0 saturated carbocycles. The summed E-state index contributed by atoms with van der Waals surface area (Å²) in [5.41, 5.74) is 3.44. The molecule has 7 nitrogen and oxygen atoms in total. The number of benzene rings is 4. The Bertz CT molecular complexity index is 2090. The Morgan fingerprint density at radius 3 is 2.42 bits per heavy atom. The molecule has 0 saturated heterocycles. The number of methoxy groups -OCH3 is 1. The van der Waals surface area contributed by atoms with Gasteiger partial charge in [0.1, 0.15) is 12.4 Å². The first-order chi connectivity index (χ1) is 21.8. The lowest BCUT2D eigenvalue weighted by Gasteiger charge is -2.25. The van der Waals surface area contributed by atoms with Crippen molar-refractivity contribution in [2.24, 2.45) is 4.99 Å². The summed E-state index contributed by atoms with van der Waals surface area (Å²) in [4.78, 5) is 32.9. The van der Waals surface area contributed by atoms with Crippen molar-refractivity contribution in [2.45, 2.75) is 19.6 Å². The zero-order valence-corrected chi connectivity index (χ0v) is 27.3. The molecule has 1 amide bonds. The number of hydrogen-bond acceptors (Lipinski definition) is 6. The molecule has 5 aromatic rings. The second kappa shape index (κ2) is 13.2. The van der Waals surface area contributed by atoms with E-state index in [4.69, 9.17) is 9.47 Å². The van der Waals surface area contributed by atoms with Gasteiger partial charge in [0.25, 0.3) is 11.5 Å². The van der Waals surface area contributed by atoms with E-state index >= 15 is 0 Å². The molecule has 6 rings (SSSR count). The van der Waals surface area contributed by atoms with Gasteiger partial charge in [0.05, 0.1) is 32.5 Å². The van der Waals surface area contributed by atoms with Gasteiger partial charge in [-0.2, -0.15) is 0 Å². The molecule has 0 fully saturated rings. The number of allylic oxidation sites excluding steroid dienone is 1. The average molecular weight is 732 g/mol. The van der Waals surface area contributed by atoms with E-state index in [0.717, 1.165) is 14.7 Å². The largest absolute Gasteiger partial charge is 0.493 e. The topological polar surface area (TPSA) is 81.9 Å². The molecule has 45 heavy (non-hydrogen) atoms. The molecule has 1 aromatic heterocycles. The van der Waals surface area contributed by atoms with Crippen molar-refractivity contribution in [1.82, 2.24) is 4.57 Å². The molecule has 0 bridgehead atoms. The van der Waals surface area contributed by atoms with Gasteiger partial charge in [0, 0.05) is 5.69 Å². The van der Waals surface area contributed by atoms with Crippen LogP contribution in [0.2, 0.25) is 0 Å². The van der Waals surface area contributed by atoms with E-state index < -0.39 is 17.8 Å². The number of anilines is 1. The van der Waals surface area contributed by atoms with Crippen molar-refractivity contribution in [3.8, 4) is 11.5 Å². The summed E-state index contributed by atoms with van der Waals surface area (Å²) in [5, 5.41) is 2.92. The van der Waals surface area contributed by atoms with Crippen LogP contribution < -0.4 is 29.7 Å². The molecular formula is C35H27FIN3O4S. The highest BCUT2D eigenvalue weighted by Gasteiger charge is 2.32. The van der Waals surface area contributed by atoms with Crippen molar-refractivity contribution in [1.29, 1.82) is 0 Å². The summed E-state index contributed by atoms with van der Waals surface area (Å²) in [5.74, 6) is 0.344. The van der Waals surface area contributed by atoms with Crippen LogP contribution in [0, 0.1) is 9.39 Å². The van der Waals surface area contributed by atoms with E-state index in [-0.39, 0.29) is 5.56 Å². The number of rotatable bonds is 8. The predicted octanol–water partition coefficient (Wildman–Crippen LogP) is 6.21. The minimum absolute atomic E-state index is 0.306. The molecular weight excluding hydrogens is 704 g/mol. The van der Waals surface area contributed by atoms with E-state index in [9.17, 15) is 14.0 Å². The monoisotopic (exact) mass is 731 g/mol. The number of fused-ring (bicyclic) bond motifs is 1. The maximum absolute atomic E-state index is 14.1. The third kappa shape index (κ3) is 6.47. The van der Waals surface area contributed by atoms with Crippen LogP contribution >= 0.6 is 33.9 Å². The number of aromatic nitrogens is 1. The molecule has 1 unspecified atom stereocenters. The van der Waals surface area contributed by atoms with E-state index in [2.05, 4.69) is 32.9 Å². The summed E-state index contributed by atoms with van der Waals surface area (Å²) in [6.45, 7) is 2.13. The summed E-state index contributed by atoms with van der Waals surface area (Å²) in [7, 11) is 1.58. The Kier molecular flexibility index (Phi) is 8.95. The summed E-state index contributed by atoms with van der Waals surface area (Å²) >= 11 is 3.42. The molecule has 1 aliphatic rings. The van der Waals surface area contributed by atoms with Crippen LogP contribution in [-0.4, -0.2) is 17.6 Å². The number of nitrogens with one attached hydrogen (secondary N) is 1. The number of para-hydroxylation sites is 1. The Hall–Kier alpha value is -4.55. The van der Waals surface area contributed by atoms with Crippen LogP contribution in [0.25, 0.3) is 6.08 Å². The third-order valence-corrected chi connectivity index (χ3v) is 9.04. The number of thiazole rings is 1. The average Bonchev–Trinajstić information content (AvgIpc) is 3.34. The lowest BCUT2D eigenvalue weighted by atomic mass is 9.95. The summed E-state index contributed by atoms with van der Waals surface area (Å²) < 4.78 is 28.5. The molecule has 226 valence electrons. The molecule has 10 heteroatoms. The standard InChI is InChI=1S/C35H27FIN3O4S/c1-21-30(33(41)39-26-11-7-4-8-12-26)31(24-13-15-25(36)16-14-24)40-34(42)29(45-35(40)38-21)19-23-17-27(37)32(28(18-23)43-2)44-20-22-9-5-3-6-10-22/h3-19,31H,20H2,1-2H3,(H,39,41)/b29-19-. The Morgan fingerprint density at radius 2 is 1.73 bits per heavy atom. The summed E-state index contributed by atoms with van der Waals surface area (Å²) in [6.07, 6.45) is 1.78. The Labute approximate surface area is 276 Å². The maximum Gasteiger partial charge on any atom is 0.271 e. The Morgan fingerprint density at radius 1 is 1.04 bits per heavy atom. The fourth-order valence-electron chi connectivity index (χ4n) is 5.14. The van der Waals surface area contributed by atoms with Crippen LogP contribution in [0.1, 0.15) is 29.7 Å². The van der Waals surface area contributed by atoms with Crippen molar-refractivity contribution in [3.63, 3.8) is 0 Å². The third-order valence-electron chi connectivity index (χ3n) is 7.26. The van der Waals surface area contributed by atoms with Gasteiger partial charge in [-0.05, 0) is 88.7 Å². The number of nitrogens with zero attached hydrogens (tertiary/aromatic N) is 2. The lowest BCUT2D eigenvalue weighted by molar-refractivity contribution is -0.113. The SMILES string of the molecule is COc1cc(/C=c2\sc3n(c2=O)C(c2ccc(F)cc2)C(C(=O)Nc2ccccc2)=C(C)N=3)cc(I)c1OCc1ccccc1. The fraction of sp³-hybridized carbons (Fsp3) is 0.114. The molecule has 0 aliphatic carbocycles. The van der Waals surface area contributed by atoms with E-state index in [0.29, 0.717) is 50.0 Å². The molecule has 0 radical (unpaired) electrons. The zero-order valence-electron chi connectivity index (χ0n) is 24.3. The maximum atomic E-state index is 14.1. The molecule has 1 N–H and O–H groups in total. The minimum atomic E-state index is -0.809. The van der Waals surface area contributed by atoms with Crippen LogP contribution in [0.5, 0.6) is 11.5 Å². The molecule has 1 aliphatic heterocycles. The van der Waals surface area contributed by atoms with Crippen LogP contribution in [-0.2, 0) is 11.4 Å². The highest BCUT2D eigenvalue weighted by molar-refractivity contribution is 14.1. The van der Waals surface area contributed by atoms with Crippen molar-refractivity contribution in [2.75, 3.05) is 12.4 Å². The predicted molar refractivity (Wildman–Crippen MR) is 182 cm³/mol. The van der Waals surface area contributed by atoms with E-state index in [1.807, 2.05) is 60.7 Å². The van der Waals surface area contributed by atoms with Gasteiger partial charge in [0.2, 0.25) is 0 Å². The number of halogens is 2. The second-order valence-corrected chi connectivity index (χ2v) is 12.4. The van der Waals surface area contributed by atoms with Crippen molar-refractivity contribution >= 4 is 51.6 Å². The fourth-order valence-corrected chi connectivity index (χ4v) is 6.96. The van der Waals surface area contributed by atoms with Crippen LogP contribution in [0.15, 0.2) is 118 Å². The minimum Gasteiger partial charge on any atom is -0.493 e. The van der Waals surface area contributed by atoms with E-state index in [1.54, 1.807) is 44.4 Å². The Balaban J connectivity index is 1.41. The molecule has 0 spiro atoms. The highest BCUT2D eigenvalue weighted by Crippen LogP contribution is 2.35. The van der Waals surface area contributed by atoms with Crippen LogP contribution in [0.3, 0.4) is 0 Å². The van der Waals surface area contributed by atoms with Crippen molar-refractivity contribution < 1.29 is 18.7 Å². The zero-order chi connectivity index (χ0) is 31.5. The van der Waals surface area contributed by atoms with Gasteiger partial charge >= 0.3 is 0 Å². The molecule has 2 heterocycles. The van der Waals surface area contributed by atoms with Gasteiger partial charge in [-0.15, -0.1) is 0 Å². The quantitative estimate of drug-likeness (QED) is 0.193. The number of carbonyl (C=O) groups excluding carboxylic acids is 1. The molecule has 1 atom stereocenters. The lowest BCUT2D eigenvalue weighted by Crippen LogP contribution is -2.40. The number of hydrogen-bond donors (Lipinski definition) is 1.